The Morgan fingerprint density at radius 1 is 0.186 bits per heavy atom. The predicted octanol–water partition coefficient (Wildman–Crippen LogP) is 15.9. The summed E-state index contributed by atoms with van der Waals surface area (Å²) >= 11 is 0. The number of ether oxygens (including phenoxy) is 17. The largest absolute Gasteiger partial charge is 0.497 e. The second-order valence-corrected chi connectivity index (χ2v) is 26.0. The molecule has 11 rings (SSSR count). The number of rotatable bonds is 36. The van der Waals surface area contributed by atoms with Gasteiger partial charge >= 0.3 is 47.8 Å². The van der Waals surface area contributed by atoms with E-state index in [9.17, 15) is 38.4 Å². The first-order valence-corrected chi connectivity index (χ1v) is 36.5. The van der Waals surface area contributed by atoms with Gasteiger partial charge in [-0.2, -0.15) is 0 Å². The molecule has 0 unspecified atom stereocenters. The Balaban J connectivity index is 0.923. The summed E-state index contributed by atoms with van der Waals surface area (Å²) < 4.78 is 96.6. The molecule has 0 aliphatic rings. The van der Waals surface area contributed by atoms with Gasteiger partial charge in [0, 0.05) is 0 Å². The summed E-state index contributed by atoms with van der Waals surface area (Å²) in [7, 11) is 11.3. The van der Waals surface area contributed by atoms with Crippen molar-refractivity contribution in [1.29, 1.82) is 0 Å². The van der Waals surface area contributed by atoms with Crippen LogP contribution in [-0.2, 0) is 77.5 Å². The van der Waals surface area contributed by atoms with Gasteiger partial charge in [0.05, 0.1) is 108 Å². The highest BCUT2D eigenvalue weighted by Gasteiger charge is 2.23. The molecule has 0 N–H and O–H groups in total. The van der Waals surface area contributed by atoms with E-state index in [0.717, 1.165) is 39.1 Å². The van der Waals surface area contributed by atoms with Crippen LogP contribution in [0.25, 0.3) is 11.1 Å². The number of hydrogen-bond donors (Lipinski definition) is 0. The van der Waals surface area contributed by atoms with E-state index in [1.54, 1.807) is 55.6 Å². The third kappa shape index (κ3) is 22.5. The number of carbonyl (C=O) groups is 8. The zero-order valence-electron chi connectivity index (χ0n) is 65.9. The standard InChI is InChI=1S/C93H82O25/c1-102-75-24-20-65(21-25-75)84(63-16-12-10-13-17-63)85(64-18-14-11-15-19-64)66-22-26-76(27-23-66)111-28-29-112-77-33-57(51-113-78-35-59(53-115-80-43-67(86(94)103-2)39-68(44-80)87(95)104-3)31-60(36-78)54-116-81-45-69(88(96)105-4)40-70(46-81)89(97)106-5)30-58(34-77)52-114-79-37-61(55-117-82-47-71(90(98)107-6)41-72(48-82)91(99)108-7)32-62(38-79)56-118-83-49-73(92(100)109-8)42-74(50-83)93(101)110-9/h10-27,30-50H,28-29,51-56H2,1-9H3/b85-84+. The van der Waals surface area contributed by atoms with Gasteiger partial charge < -0.3 is 80.5 Å². The van der Waals surface area contributed by atoms with Crippen LogP contribution in [0.5, 0.6) is 51.7 Å². The number of hydrogen-bond acceptors (Lipinski definition) is 25. The Labute approximate surface area is 679 Å². The van der Waals surface area contributed by atoms with E-state index in [-0.39, 0.29) is 120 Å². The summed E-state index contributed by atoms with van der Waals surface area (Å²) in [5.41, 5.74) is 9.49. The molecular formula is C93H82O25. The maximum absolute atomic E-state index is 12.8. The molecule has 0 saturated heterocycles. The van der Waals surface area contributed by atoms with Crippen LogP contribution in [0.1, 0.15) is 138 Å². The quantitative estimate of drug-likeness (QED) is 0.0152. The molecule has 118 heavy (non-hydrogen) atoms. The molecule has 11 aromatic carbocycles. The summed E-state index contributed by atoms with van der Waals surface area (Å²) in [6, 6.07) is 68.8. The third-order valence-corrected chi connectivity index (χ3v) is 18.0. The SMILES string of the molecule is COC(=O)c1cc(OCc2cc(COc3cc(C(=O)OC)cc(C(=O)OC)c3)cc(OCc3cc(COc4cc(COc5cc(C(=O)OC)cc(C(=O)OC)c5)cc(COc5cc(C(=O)OC)cc(C(=O)OC)c5)c4)cc(OCCOc4ccc(/C(=C(\c5ccccc5)c5ccc(OC)cc5)c5ccccc5)cc4)c3)c2)cc(C(=O)OC)c1. The predicted molar refractivity (Wildman–Crippen MR) is 430 cm³/mol. The Bertz CT molecular complexity index is 4910. The second kappa shape index (κ2) is 40.7. The van der Waals surface area contributed by atoms with Crippen molar-refractivity contribution in [3.05, 3.63) is 337 Å². The normalized spacial score (nSPS) is 10.9. The minimum atomic E-state index is -0.727. The van der Waals surface area contributed by atoms with Gasteiger partial charge in [0.25, 0.3) is 0 Å². The fourth-order valence-electron chi connectivity index (χ4n) is 12.5. The first kappa shape index (κ1) is 84.0. The maximum atomic E-state index is 12.8. The summed E-state index contributed by atoms with van der Waals surface area (Å²) in [5.74, 6) is -2.96. The highest BCUT2D eigenvalue weighted by Crippen LogP contribution is 2.39. The van der Waals surface area contributed by atoms with Gasteiger partial charge in [0.2, 0.25) is 0 Å². The number of methoxy groups -OCH3 is 9. The maximum Gasteiger partial charge on any atom is 0.338 e. The second-order valence-electron chi connectivity index (χ2n) is 26.0. The van der Waals surface area contributed by atoms with E-state index in [0.29, 0.717) is 56.4 Å². The molecule has 0 aromatic heterocycles. The average molecular weight is 1600 g/mol. The van der Waals surface area contributed by atoms with Crippen LogP contribution in [0.4, 0.5) is 0 Å². The van der Waals surface area contributed by atoms with Crippen molar-refractivity contribution in [3.8, 4) is 51.7 Å². The fraction of sp³-hybridized carbons (Fsp3) is 0.183. The summed E-state index contributed by atoms with van der Waals surface area (Å²) in [4.78, 5) is 103. The van der Waals surface area contributed by atoms with Crippen molar-refractivity contribution >= 4 is 58.9 Å². The van der Waals surface area contributed by atoms with Gasteiger partial charge in [-0.1, -0.05) is 84.9 Å². The van der Waals surface area contributed by atoms with Crippen molar-refractivity contribution in [1.82, 2.24) is 0 Å². The molecule has 0 atom stereocenters. The molecular weight excluding hydrogens is 1520 g/mol. The molecule has 11 aromatic rings. The lowest BCUT2D eigenvalue weighted by Gasteiger charge is -2.19. The first-order chi connectivity index (χ1) is 57.3. The molecule has 0 amide bonds. The molecule has 0 radical (unpaired) electrons. The van der Waals surface area contributed by atoms with Crippen LogP contribution >= 0.6 is 0 Å². The van der Waals surface area contributed by atoms with Crippen molar-refractivity contribution in [3.63, 3.8) is 0 Å². The van der Waals surface area contributed by atoms with Crippen LogP contribution in [-0.4, -0.2) is 125 Å². The van der Waals surface area contributed by atoms with Crippen molar-refractivity contribution < 1.29 is 119 Å². The zero-order chi connectivity index (χ0) is 83.6. The summed E-state index contributed by atoms with van der Waals surface area (Å²) in [5, 5.41) is 0. The van der Waals surface area contributed by atoms with E-state index < -0.39 is 47.8 Å². The molecule has 25 nitrogen and oxygen atoms in total. The molecule has 0 aliphatic carbocycles. The molecule has 0 heterocycles. The van der Waals surface area contributed by atoms with Crippen molar-refractivity contribution in [2.45, 2.75) is 39.6 Å². The minimum Gasteiger partial charge on any atom is -0.497 e. The van der Waals surface area contributed by atoms with Crippen LogP contribution in [0.2, 0.25) is 0 Å². The van der Waals surface area contributed by atoms with Gasteiger partial charge in [0.15, 0.2) is 0 Å². The molecule has 604 valence electrons. The van der Waals surface area contributed by atoms with Gasteiger partial charge in [-0.25, -0.2) is 38.4 Å². The van der Waals surface area contributed by atoms with Crippen LogP contribution in [0.3, 0.4) is 0 Å². The van der Waals surface area contributed by atoms with E-state index in [1.165, 1.54) is 130 Å². The average Bonchev–Trinajstić information content (AvgIpc) is 0.782. The summed E-state index contributed by atoms with van der Waals surface area (Å²) in [6.45, 7) is -0.616. The van der Waals surface area contributed by atoms with E-state index >= 15 is 0 Å². The molecule has 0 fully saturated rings. The molecule has 0 aliphatic heterocycles. The van der Waals surface area contributed by atoms with Gasteiger partial charge in [0.1, 0.15) is 105 Å². The topological polar surface area (TPSA) is 293 Å². The van der Waals surface area contributed by atoms with Gasteiger partial charge in [-0.3, -0.25) is 0 Å². The highest BCUT2D eigenvalue weighted by atomic mass is 16.6. The number of carbonyl (C=O) groups excluding carboxylic acids is 8. The summed E-state index contributed by atoms with van der Waals surface area (Å²) in [6.07, 6.45) is 0. The lowest BCUT2D eigenvalue weighted by Crippen LogP contribution is -2.10. The number of esters is 8. The smallest absolute Gasteiger partial charge is 0.338 e. The lowest BCUT2D eigenvalue weighted by molar-refractivity contribution is 0.0580. The van der Waals surface area contributed by atoms with E-state index in [1.807, 2.05) is 78.9 Å². The van der Waals surface area contributed by atoms with Crippen LogP contribution in [0, 0.1) is 0 Å². The minimum absolute atomic E-state index is 0.0259. The third-order valence-electron chi connectivity index (χ3n) is 18.0. The lowest BCUT2D eigenvalue weighted by atomic mass is 9.86. The monoisotopic (exact) mass is 1600 g/mol. The zero-order valence-corrected chi connectivity index (χ0v) is 65.9. The van der Waals surface area contributed by atoms with E-state index in [4.69, 9.17) is 80.5 Å². The van der Waals surface area contributed by atoms with Crippen molar-refractivity contribution in [2.24, 2.45) is 0 Å². The molecule has 0 spiro atoms. The van der Waals surface area contributed by atoms with Gasteiger partial charge in [-0.05, 0) is 218 Å². The molecule has 0 bridgehead atoms. The fourth-order valence-corrected chi connectivity index (χ4v) is 12.5. The Hall–Kier alpha value is -14.9. The van der Waals surface area contributed by atoms with Crippen LogP contribution in [0.15, 0.2) is 237 Å². The number of benzene rings is 11. The highest BCUT2D eigenvalue weighted by molar-refractivity contribution is 6.05. The van der Waals surface area contributed by atoms with Crippen molar-refractivity contribution in [2.75, 3.05) is 77.2 Å². The molecule has 25 heteroatoms. The van der Waals surface area contributed by atoms with Crippen LogP contribution < -0.4 is 42.6 Å². The Morgan fingerprint density at radius 2 is 0.381 bits per heavy atom. The first-order valence-electron chi connectivity index (χ1n) is 36.5. The van der Waals surface area contributed by atoms with Gasteiger partial charge in [-0.15, -0.1) is 0 Å². The van der Waals surface area contributed by atoms with E-state index in [2.05, 4.69) is 36.4 Å². The Kier molecular flexibility index (Phi) is 29.0. The Morgan fingerprint density at radius 3 is 0.602 bits per heavy atom. The molecule has 0 saturated carbocycles.